The molecule has 0 aromatic carbocycles. The van der Waals surface area contributed by atoms with Crippen molar-refractivity contribution < 1.29 is 23.8 Å². The molecule has 6 heteroatoms. The van der Waals surface area contributed by atoms with Crippen LogP contribution in [0.15, 0.2) is 12.2 Å². The van der Waals surface area contributed by atoms with Gasteiger partial charge in [0.15, 0.2) is 0 Å². The summed E-state index contributed by atoms with van der Waals surface area (Å²) in [7, 11) is 0. The highest BCUT2D eigenvalue weighted by Gasteiger charge is 2.10. The lowest BCUT2D eigenvalue weighted by Gasteiger charge is -2.25. The maximum absolute atomic E-state index is 11.4. The van der Waals surface area contributed by atoms with Gasteiger partial charge in [-0.25, -0.2) is 9.59 Å². The lowest BCUT2D eigenvalue weighted by Crippen LogP contribution is -2.38. The standard InChI is InChI=1S/C14H23NO5/c1-3-12(2)20-14(17)5-4-13(16)19-11-8-15-6-9-18-10-7-15/h4-5,12H,3,6-11H2,1-2H3/b5-4+. The Morgan fingerprint density at radius 2 is 1.90 bits per heavy atom. The summed E-state index contributed by atoms with van der Waals surface area (Å²) in [5.41, 5.74) is 0. The van der Waals surface area contributed by atoms with Crippen LogP contribution in [-0.2, 0) is 23.8 Å². The zero-order chi connectivity index (χ0) is 14.8. The molecule has 0 aliphatic carbocycles. The summed E-state index contributed by atoms with van der Waals surface area (Å²) in [4.78, 5) is 24.8. The highest BCUT2D eigenvalue weighted by molar-refractivity contribution is 5.91. The van der Waals surface area contributed by atoms with Gasteiger partial charge in [0, 0.05) is 31.8 Å². The lowest BCUT2D eigenvalue weighted by atomic mass is 10.3. The summed E-state index contributed by atoms with van der Waals surface area (Å²) < 4.78 is 15.2. The van der Waals surface area contributed by atoms with E-state index < -0.39 is 11.9 Å². The first-order valence-corrected chi connectivity index (χ1v) is 6.97. The molecule has 1 heterocycles. The Balaban J connectivity index is 2.14. The molecule has 0 aromatic rings. The smallest absolute Gasteiger partial charge is 0.331 e. The van der Waals surface area contributed by atoms with Gasteiger partial charge in [-0.05, 0) is 13.3 Å². The number of morpholine rings is 1. The summed E-state index contributed by atoms with van der Waals surface area (Å²) in [5.74, 6) is -1.05. The van der Waals surface area contributed by atoms with Crippen LogP contribution in [0.1, 0.15) is 20.3 Å². The molecule has 0 bridgehead atoms. The molecule has 1 saturated heterocycles. The van der Waals surface area contributed by atoms with Gasteiger partial charge in [0.2, 0.25) is 0 Å². The number of ether oxygens (including phenoxy) is 3. The molecule has 6 nitrogen and oxygen atoms in total. The molecule has 1 atom stereocenters. The van der Waals surface area contributed by atoms with E-state index in [0.29, 0.717) is 13.2 Å². The van der Waals surface area contributed by atoms with E-state index in [1.807, 2.05) is 6.92 Å². The van der Waals surface area contributed by atoms with E-state index in [9.17, 15) is 9.59 Å². The highest BCUT2D eigenvalue weighted by Crippen LogP contribution is 1.98. The van der Waals surface area contributed by atoms with Crippen LogP contribution in [0.25, 0.3) is 0 Å². The summed E-state index contributed by atoms with van der Waals surface area (Å²) in [6.07, 6.45) is 2.79. The van der Waals surface area contributed by atoms with Crippen LogP contribution in [-0.4, -0.2) is 62.4 Å². The third kappa shape index (κ3) is 7.25. The molecule has 0 N–H and O–H groups in total. The van der Waals surface area contributed by atoms with E-state index in [0.717, 1.165) is 44.9 Å². The van der Waals surface area contributed by atoms with Crippen molar-refractivity contribution in [1.29, 1.82) is 0 Å². The largest absolute Gasteiger partial charge is 0.461 e. The fourth-order valence-electron chi connectivity index (χ4n) is 1.61. The van der Waals surface area contributed by atoms with Gasteiger partial charge in [-0.15, -0.1) is 0 Å². The molecule has 0 amide bonds. The number of carbonyl (C=O) groups is 2. The Kier molecular flexibility index (Phi) is 7.91. The molecule has 114 valence electrons. The van der Waals surface area contributed by atoms with Crippen molar-refractivity contribution in [2.75, 3.05) is 39.5 Å². The molecule has 0 radical (unpaired) electrons. The van der Waals surface area contributed by atoms with E-state index in [1.165, 1.54) is 0 Å². The Morgan fingerprint density at radius 1 is 1.25 bits per heavy atom. The first-order valence-electron chi connectivity index (χ1n) is 6.97. The minimum Gasteiger partial charge on any atom is -0.461 e. The molecular formula is C14H23NO5. The van der Waals surface area contributed by atoms with E-state index in [4.69, 9.17) is 14.2 Å². The second-order valence-electron chi connectivity index (χ2n) is 4.61. The van der Waals surface area contributed by atoms with Crippen molar-refractivity contribution in [2.45, 2.75) is 26.4 Å². The lowest BCUT2D eigenvalue weighted by molar-refractivity contribution is -0.143. The van der Waals surface area contributed by atoms with Crippen molar-refractivity contribution in [3.63, 3.8) is 0 Å². The van der Waals surface area contributed by atoms with Gasteiger partial charge < -0.3 is 14.2 Å². The van der Waals surface area contributed by atoms with Crippen LogP contribution in [0.5, 0.6) is 0 Å². The van der Waals surface area contributed by atoms with Crippen molar-refractivity contribution in [3.05, 3.63) is 12.2 Å². The van der Waals surface area contributed by atoms with Crippen LogP contribution < -0.4 is 0 Å². The van der Waals surface area contributed by atoms with Gasteiger partial charge in [0.1, 0.15) is 6.61 Å². The first-order chi connectivity index (χ1) is 9.61. The Hall–Kier alpha value is -1.40. The predicted octanol–water partition coefficient (Wildman–Crippen LogP) is 0.760. The number of esters is 2. The molecule has 1 aliphatic heterocycles. The Labute approximate surface area is 119 Å². The summed E-state index contributed by atoms with van der Waals surface area (Å²) >= 11 is 0. The molecular weight excluding hydrogens is 262 g/mol. The predicted molar refractivity (Wildman–Crippen MR) is 73.2 cm³/mol. The molecule has 0 spiro atoms. The second kappa shape index (κ2) is 9.50. The van der Waals surface area contributed by atoms with Crippen molar-refractivity contribution in [2.24, 2.45) is 0 Å². The minimum atomic E-state index is -0.528. The molecule has 1 rings (SSSR count). The monoisotopic (exact) mass is 285 g/mol. The number of rotatable bonds is 7. The van der Waals surface area contributed by atoms with Crippen LogP contribution in [0.4, 0.5) is 0 Å². The summed E-state index contributed by atoms with van der Waals surface area (Å²) in [6.45, 7) is 7.85. The van der Waals surface area contributed by atoms with E-state index in [-0.39, 0.29) is 6.10 Å². The Bertz CT molecular complexity index is 336. The van der Waals surface area contributed by atoms with E-state index in [2.05, 4.69) is 4.90 Å². The molecule has 0 aromatic heterocycles. The maximum Gasteiger partial charge on any atom is 0.331 e. The van der Waals surface area contributed by atoms with Gasteiger partial charge in [0.05, 0.1) is 19.3 Å². The molecule has 1 aliphatic rings. The topological polar surface area (TPSA) is 65.1 Å². The number of hydrogen-bond donors (Lipinski definition) is 0. The van der Waals surface area contributed by atoms with Crippen LogP contribution in [0.3, 0.4) is 0 Å². The van der Waals surface area contributed by atoms with Gasteiger partial charge >= 0.3 is 11.9 Å². The average molecular weight is 285 g/mol. The molecule has 1 fully saturated rings. The second-order valence-corrected chi connectivity index (χ2v) is 4.61. The first kappa shape index (κ1) is 16.7. The van der Waals surface area contributed by atoms with Crippen molar-refractivity contribution in [1.82, 2.24) is 4.90 Å². The maximum atomic E-state index is 11.4. The summed E-state index contributed by atoms with van der Waals surface area (Å²) in [5, 5.41) is 0. The van der Waals surface area contributed by atoms with Gasteiger partial charge in [-0.2, -0.15) is 0 Å². The zero-order valence-corrected chi connectivity index (χ0v) is 12.2. The zero-order valence-electron chi connectivity index (χ0n) is 12.2. The SMILES string of the molecule is CCC(C)OC(=O)/C=C/C(=O)OCCN1CCOCC1. The molecule has 1 unspecified atom stereocenters. The quantitative estimate of drug-likeness (QED) is 0.508. The van der Waals surface area contributed by atoms with Crippen molar-refractivity contribution >= 4 is 11.9 Å². The number of hydrogen-bond acceptors (Lipinski definition) is 6. The third-order valence-electron chi connectivity index (χ3n) is 3.00. The average Bonchev–Trinajstić information content (AvgIpc) is 2.46. The van der Waals surface area contributed by atoms with Crippen LogP contribution >= 0.6 is 0 Å². The minimum absolute atomic E-state index is 0.149. The van der Waals surface area contributed by atoms with Crippen molar-refractivity contribution in [3.8, 4) is 0 Å². The molecule has 20 heavy (non-hydrogen) atoms. The fraction of sp³-hybridized carbons (Fsp3) is 0.714. The highest BCUT2D eigenvalue weighted by atomic mass is 16.5. The number of carbonyl (C=O) groups excluding carboxylic acids is 2. The van der Waals surface area contributed by atoms with Crippen LogP contribution in [0, 0.1) is 0 Å². The Morgan fingerprint density at radius 3 is 2.55 bits per heavy atom. The fourth-order valence-corrected chi connectivity index (χ4v) is 1.61. The number of nitrogens with zero attached hydrogens (tertiary/aromatic N) is 1. The van der Waals surface area contributed by atoms with E-state index in [1.54, 1.807) is 6.92 Å². The van der Waals surface area contributed by atoms with E-state index >= 15 is 0 Å². The third-order valence-corrected chi connectivity index (χ3v) is 3.00. The normalized spacial score (nSPS) is 17.9. The van der Waals surface area contributed by atoms with Gasteiger partial charge in [-0.1, -0.05) is 6.92 Å². The van der Waals surface area contributed by atoms with Crippen LogP contribution in [0.2, 0.25) is 0 Å². The van der Waals surface area contributed by atoms with Gasteiger partial charge in [0.25, 0.3) is 0 Å². The molecule has 0 saturated carbocycles. The summed E-state index contributed by atoms with van der Waals surface area (Å²) in [6, 6.07) is 0. The van der Waals surface area contributed by atoms with Gasteiger partial charge in [-0.3, -0.25) is 4.90 Å².